The molecule has 1 aliphatic rings. The van der Waals surface area contributed by atoms with Gasteiger partial charge in [0.05, 0.1) is 12.5 Å². The van der Waals surface area contributed by atoms with Crippen molar-refractivity contribution in [2.75, 3.05) is 11.4 Å². The highest BCUT2D eigenvalue weighted by molar-refractivity contribution is 7.87. The maximum absolute atomic E-state index is 12.9. The van der Waals surface area contributed by atoms with Gasteiger partial charge in [-0.05, 0) is 17.7 Å². The molecule has 1 heterocycles. The lowest BCUT2D eigenvalue weighted by Crippen LogP contribution is -2.26. The fourth-order valence-corrected chi connectivity index (χ4v) is 2.67. The van der Waals surface area contributed by atoms with Crippen LogP contribution in [0.15, 0.2) is 24.3 Å². The molecule has 1 amide bonds. The molecule has 0 spiro atoms. The van der Waals surface area contributed by atoms with Crippen LogP contribution in [0.4, 0.5) is 9.57 Å². The SMILES string of the molecule is N#CCc1ccc(N2CC(S(=O)(=O)F)CC2=O)cc1. The molecule has 0 aromatic heterocycles. The molecule has 0 saturated carbocycles. The summed E-state index contributed by atoms with van der Waals surface area (Å²) in [5, 5.41) is 7.25. The molecule has 1 aromatic carbocycles. The fourth-order valence-electron chi connectivity index (χ4n) is 2.00. The molecular weight excluding hydrogens is 271 g/mol. The van der Waals surface area contributed by atoms with Crippen LogP contribution in [-0.4, -0.2) is 26.1 Å². The number of nitriles is 1. The summed E-state index contributed by atoms with van der Waals surface area (Å²) in [6.07, 6.45) is -0.0749. The zero-order valence-corrected chi connectivity index (χ0v) is 10.7. The summed E-state index contributed by atoms with van der Waals surface area (Å²) in [7, 11) is -4.70. The second-order valence-corrected chi connectivity index (χ2v) is 5.93. The maximum atomic E-state index is 12.9. The number of carbonyl (C=O) groups excluding carboxylic acids is 1. The summed E-state index contributed by atoms with van der Waals surface area (Å²) in [6, 6.07) is 8.61. The van der Waals surface area contributed by atoms with Gasteiger partial charge in [0.2, 0.25) is 5.91 Å². The lowest BCUT2D eigenvalue weighted by Gasteiger charge is -2.16. The van der Waals surface area contributed by atoms with Gasteiger partial charge in [-0.25, -0.2) is 0 Å². The number of anilines is 1. The van der Waals surface area contributed by atoms with E-state index in [1.165, 1.54) is 4.90 Å². The highest BCUT2D eigenvalue weighted by Crippen LogP contribution is 2.26. The summed E-state index contributed by atoms with van der Waals surface area (Å²) in [6.45, 7) is -0.171. The molecule has 1 fully saturated rings. The van der Waals surface area contributed by atoms with Crippen LogP contribution in [-0.2, 0) is 21.4 Å². The van der Waals surface area contributed by atoms with Crippen molar-refractivity contribution in [1.82, 2.24) is 0 Å². The molecule has 1 unspecified atom stereocenters. The average molecular weight is 282 g/mol. The number of hydrogen-bond acceptors (Lipinski definition) is 4. The lowest BCUT2D eigenvalue weighted by molar-refractivity contribution is -0.117. The Bertz CT molecular complexity index is 634. The van der Waals surface area contributed by atoms with Gasteiger partial charge in [0.15, 0.2) is 0 Å². The Kier molecular flexibility index (Phi) is 3.53. The first-order valence-corrected chi connectivity index (χ1v) is 7.06. The summed E-state index contributed by atoms with van der Waals surface area (Å²) in [5.74, 6) is -0.417. The Morgan fingerprint density at radius 3 is 2.47 bits per heavy atom. The van der Waals surface area contributed by atoms with E-state index in [2.05, 4.69) is 0 Å². The number of benzene rings is 1. The molecule has 7 heteroatoms. The number of halogens is 1. The first kappa shape index (κ1) is 13.5. The van der Waals surface area contributed by atoms with Crippen molar-refractivity contribution in [3.63, 3.8) is 0 Å². The molecule has 5 nitrogen and oxygen atoms in total. The zero-order chi connectivity index (χ0) is 14.0. The van der Waals surface area contributed by atoms with Crippen molar-refractivity contribution in [2.24, 2.45) is 0 Å². The molecule has 100 valence electrons. The number of carbonyl (C=O) groups is 1. The molecule has 1 atom stereocenters. The fraction of sp³-hybridized carbons (Fsp3) is 0.333. The third-order valence-electron chi connectivity index (χ3n) is 3.02. The Hall–Kier alpha value is -1.94. The van der Waals surface area contributed by atoms with Crippen LogP contribution in [0.25, 0.3) is 0 Å². The van der Waals surface area contributed by atoms with Crippen LogP contribution in [0.2, 0.25) is 0 Å². The number of hydrogen-bond donors (Lipinski definition) is 0. The zero-order valence-electron chi connectivity index (χ0n) is 9.91. The molecular formula is C12H11FN2O3S. The minimum absolute atomic E-state index is 0.171. The second kappa shape index (κ2) is 4.97. The van der Waals surface area contributed by atoms with Gasteiger partial charge in [-0.1, -0.05) is 12.1 Å². The van der Waals surface area contributed by atoms with Crippen molar-refractivity contribution in [1.29, 1.82) is 5.26 Å². The summed E-state index contributed by atoms with van der Waals surface area (Å²) >= 11 is 0. The van der Waals surface area contributed by atoms with E-state index in [9.17, 15) is 17.1 Å². The monoisotopic (exact) mass is 282 g/mol. The Labute approximate surface area is 110 Å². The lowest BCUT2D eigenvalue weighted by atomic mass is 10.1. The van der Waals surface area contributed by atoms with E-state index < -0.39 is 21.4 Å². The maximum Gasteiger partial charge on any atom is 0.307 e. The van der Waals surface area contributed by atoms with Gasteiger partial charge >= 0.3 is 10.2 Å². The van der Waals surface area contributed by atoms with E-state index in [0.29, 0.717) is 5.69 Å². The third kappa shape index (κ3) is 2.90. The van der Waals surface area contributed by atoms with Gasteiger partial charge in [-0.3, -0.25) is 4.79 Å². The van der Waals surface area contributed by atoms with Crippen molar-refractivity contribution < 1.29 is 17.1 Å². The summed E-state index contributed by atoms with van der Waals surface area (Å²) in [4.78, 5) is 12.9. The van der Waals surface area contributed by atoms with E-state index in [-0.39, 0.29) is 19.4 Å². The normalized spacial score (nSPS) is 19.5. The van der Waals surface area contributed by atoms with Gasteiger partial charge < -0.3 is 4.90 Å². The van der Waals surface area contributed by atoms with Crippen LogP contribution >= 0.6 is 0 Å². The Morgan fingerprint density at radius 2 is 2.00 bits per heavy atom. The van der Waals surface area contributed by atoms with E-state index in [4.69, 9.17) is 5.26 Å². The molecule has 0 bridgehead atoms. The van der Waals surface area contributed by atoms with E-state index >= 15 is 0 Å². The van der Waals surface area contributed by atoms with Gasteiger partial charge in [0.1, 0.15) is 5.25 Å². The predicted octanol–water partition coefficient (Wildman–Crippen LogP) is 1.16. The smallest absolute Gasteiger partial charge is 0.307 e. The average Bonchev–Trinajstić information content (AvgIpc) is 2.73. The molecule has 0 radical (unpaired) electrons. The topological polar surface area (TPSA) is 78.2 Å². The Balaban J connectivity index is 2.19. The third-order valence-corrected chi connectivity index (χ3v) is 4.13. The molecule has 1 aliphatic heterocycles. The van der Waals surface area contributed by atoms with Gasteiger partial charge in [-0.2, -0.15) is 13.7 Å². The van der Waals surface area contributed by atoms with Crippen LogP contribution in [0.3, 0.4) is 0 Å². The van der Waals surface area contributed by atoms with Crippen LogP contribution in [0, 0.1) is 11.3 Å². The molecule has 0 N–H and O–H groups in total. The van der Waals surface area contributed by atoms with Crippen LogP contribution in [0.5, 0.6) is 0 Å². The molecule has 1 aromatic rings. The second-order valence-electron chi connectivity index (χ2n) is 4.31. The molecule has 19 heavy (non-hydrogen) atoms. The minimum Gasteiger partial charge on any atom is -0.311 e. The highest BCUT2D eigenvalue weighted by Gasteiger charge is 2.38. The van der Waals surface area contributed by atoms with Gasteiger partial charge in [-0.15, -0.1) is 3.89 Å². The van der Waals surface area contributed by atoms with Crippen molar-refractivity contribution in [3.05, 3.63) is 29.8 Å². The number of amides is 1. The van der Waals surface area contributed by atoms with E-state index in [0.717, 1.165) is 5.56 Å². The standard InChI is InChI=1S/C12H11FN2O3S/c13-19(17,18)11-7-12(16)15(8-11)10-3-1-9(2-4-10)5-6-14/h1-4,11H,5,7-8H2. The van der Waals surface area contributed by atoms with Crippen LogP contribution < -0.4 is 4.90 Å². The number of nitrogens with zero attached hydrogens (tertiary/aromatic N) is 2. The summed E-state index contributed by atoms with van der Waals surface area (Å²) < 4.78 is 34.5. The summed E-state index contributed by atoms with van der Waals surface area (Å²) in [5.41, 5.74) is 1.31. The molecule has 1 saturated heterocycles. The first-order chi connectivity index (χ1) is 8.91. The molecule has 0 aliphatic carbocycles. The van der Waals surface area contributed by atoms with Crippen molar-refractivity contribution in [3.8, 4) is 6.07 Å². The number of rotatable bonds is 3. The largest absolute Gasteiger partial charge is 0.311 e. The minimum atomic E-state index is -4.70. The first-order valence-electron chi connectivity index (χ1n) is 5.61. The van der Waals surface area contributed by atoms with Crippen molar-refractivity contribution in [2.45, 2.75) is 18.1 Å². The quantitative estimate of drug-likeness (QED) is 0.779. The Morgan fingerprint density at radius 1 is 1.37 bits per heavy atom. The van der Waals surface area contributed by atoms with E-state index in [1.807, 2.05) is 6.07 Å². The predicted molar refractivity (Wildman–Crippen MR) is 66.5 cm³/mol. The van der Waals surface area contributed by atoms with Gasteiger partial charge in [0, 0.05) is 18.7 Å². The highest BCUT2D eigenvalue weighted by atomic mass is 32.3. The van der Waals surface area contributed by atoms with Crippen molar-refractivity contribution >= 4 is 21.8 Å². The van der Waals surface area contributed by atoms with Gasteiger partial charge in [0.25, 0.3) is 0 Å². The van der Waals surface area contributed by atoms with E-state index in [1.54, 1.807) is 24.3 Å². The molecule has 2 rings (SSSR count). The van der Waals surface area contributed by atoms with Crippen LogP contribution in [0.1, 0.15) is 12.0 Å².